The Hall–Kier alpha value is -4.62. The molecule has 42 heavy (non-hydrogen) atoms. The van der Waals surface area contributed by atoms with Gasteiger partial charge < -0.3 is 24.6 Å². The second kappa shape index (κ2) is 12.1. The van der Waals surface area contributed by atoms with E-state index in [0.29, 0.717) is 76.9 Å². The minimum Gasteiger partial charge on any atom is -0.457 e. The van der Waals surface area contributed by atoms with Crippen LogP contribution in [0, 0.1) is 17.2 Å². The number of H-pyrrole nitrogens is 1. The van der Waals surface area contributed by atoms with Crippen LogP contribution in [0.1, 0.15) is 38.2 Å². The van der Waals surface area contributed by atoms with E-state index in [-0.39, 0.29) is 11.9 Å². The molecule has 2 aromatic carbocycles. The average Bonchev–Trinajstić information content (AvgIpc) is 3.61. The van der Waals surface area contributed by atoms with Crippen molar-refractivity contribution < 1.29 is 14.3 Å². The summed E-state index contributed by atoms with van der Waals surface area (Å²) in [6, 6.07) is 19.3. The van der Waals surface area contributed by atoms with E-state index >= 15 is 0 Å². The third kappa shape index (κ3) is 6.31. The molecule has 1 saturated heterocycles. The van der Waals surface area contributed by atoms with E-state index in [2.05, 4.69) is 45.4 Å². The molecule has 1 saturated carbocycles. The van der Waals surface area contributed by atoms with Crippen molar-refractivity contribution in [3.63, 3.8) is 0 Å². The van der Waals surface area contributed by atoms with Gasteiger partial charge in [0.05, 0.1) is 5.56 Å². The first-order valence-corrected chi connectivity index (χ1v) is 14.5. The Labute approximate surface area is 245 Å². The number of ether oxygens (including phenoxy) is 2. The number of nitriles is 1. The van der Waals surface area contributed by atoms with E-state index in [4.69, 9.17) is 9.47 Å². The molecule has 2 aromatic heterocycles. The van der Waals surface area contributed by atoms with Crippen LogP contribution < -0.4 is 14.8 Å². The SMILES string of the molecule is CC(CC(=O)N1CC[C@@H](Nc2n[nH]c3nccc(Oc4ccc(Oc5ccccc5)cc4C#N)c23)C1)CN(C)C1CC1. The van der Waals surface area contributed by atoms with Crippen LogP contribution in [0.5, 0.6) is 23.0 Å². The van der Waals surface area contributed by atoms with Crippen molar-refractivity contribution in [3.8, 4) is 29.1 Å². The molecule has 2 aliphatic rings. The Morgan fingerprint density at radius 2 is 1.98 bits per heavy atom. The second-order valence-corrected chi connectivity index (χ2v) is 11.3. The lowest BCUT2D eigenvalue weighted by Crippen LogP contribution is -2.34. The molecule has 10 nitrogen and oxygen atoms in total. The van der Waals surface area contributed by atoms with Gasteiger partial charge in [-0.1, -0.05) is 25.1 Å². The summed E-state index contributed by atoms with van der Waals surface area (Å²) in [6.45, 7) is 4.46. The van der Waals surface area contributed by atoms with Gasteiger partial charge in [0.15, 0.2) is 11.5 Å². The van der Waals surface area contributed by atoms with Crippen LogP contribution in [0.4, 0.5) is 5.82 Å². The topological polar surface area (TPSA) is 119 Å². The highest BCUT2D eigenvalue weighted by Gasteiger charge is 2.30. The summed E-state index contributed by atoms with van der Waals surface area (Å²) in [5.41, 5.74) is 0.908. The van der Waals surface area contributed by atoms with Crippen molar-refractivity contribution in [2.24, 2.45) is 5.92 Å². The quantitative estimate of drug-likeness (QED) is 0.243. The number of aromatic amines is 1. The fraction of sp³-hybridized carbons (Fsp3) is 0.375. The van der Waals surface area contributed by atoms with E-state index in [9.17, 15) is 10.1 Å². The van der Waals surface area contributed by atoms with E-state index in [0.717, 1.165) is 13.0 Å². The zero-order chi connectivity index (χ0) is 29.1. The minimum atomic E-state index is 0.0574. The Morgan fingerprint density at radius 1 is 1.14 bits per heavy atom. The van der Waals surface area contributed by atoms with Crippen molar-refractivity contribution in [2.45, 2.75) is 44.7 Å². The van der Waals surface area contributed by atoms with Gasteiger partial charge in [-0.15, -0.1) is 0 Å². The molecule has 1 aliphatic carbocycles. The summed E-state index contributed by atoms with van der Waals surface area (Å²) in [4.78, 5) is 21.8. The summed E-state index contributed by atoms with van der Waals surface area (Å²) >= 11 is 0. The number of anilines is 1. The van der Waals surface area contributed by atoms with Crippen LogP contribution in [0.2, 0.25) is 0 Å². The molecule has 0 bridgehead atoms. The standard InChI is InChI=1S/C32H35N7O3/c1-21(19-38(2)24-8-9-24)16-29(40)39-15-13-23(20-39)35-32-30-28(12-14-34-31(30)36-37-32)42-27-11-10-26(17-22(27)18-33)41-25-6-4-3-5-7-25/h3-7,10-12,14,17,21,23-24H,8-9,13,15-16,19-20H2,1-2H3,(H2,34,35,36,37)/t21?,23-/m1/s1. The molecular formula is C32H35N7O3. The highest BCUT2D eigenvalue weighted by molar-refractivity contribution is 5.93. The predicted molar refractivity (Wildman–Crippen MR) is 160 cm³/mol. The lowest BCUT2D eigenvalue weighted by Gasteiger charge is -2.23. The van der Waals surface area contributed by atoms with E-state index in [1.165, 1.54) is 12.8 Å². The van der Waals surface area contributed by atoms with Gasteiger partial charge in [-0.25, -0.2) is 4.98 Å². The number of aromatic nitrogens is 3. The first kappa shape index (κ1) is 27.5. The molecular weight excluding hydrogens is 530 g/mol. The smallest absolute Gasteiger partial charge is 0.222 e. The molecule has 6 rings (SSSR count). The van der Waals surface area contributed by atoms with E-state index < -0.39 is 0 Å². The van der Waals surface area contributed by atoms with Crippen LogP contribution >= 0.6 is 0 Å². The van der Waals surface area contributed by atoms with Crippen LogP contribution in [0.3, 0.4) is 0 Å². The number of fused-ring (bicyclic) bond motifs is 1. The zero-order valence-electron chi connectivity index (χ0n) is 23.9. The van der Waals surface area contributed by atoms with Crippen molar-refractivity contribution in [1.82, 2.24) is 25.0 Å². The summed E-state index contributed by atoms with van der Waals surface area (Å²) < 4.78 is 12.1. The molecule has 2 fully saturated rings. The first-order valence-electron chi connectivity index (χ1n) is 14.5. The molecule has 1 amide bonds. The van der Waals surface area contributed by atoms with Gasteiger partial charge in [0.25, 0.3) is 0 Å². The molecule has 10 heteroatoms. The Kier molecular flexibility index (Phi) is 7.93. The summed E-state index contributed by atoms with van der Waals surface area (Å²) in [6.07, 6.45) is 5.57. The number of hydrogen-bond acceptors (Lipinski definition) is 8. The number of carbonyl (C=O) groups is 1. The monoisotopic (exact) mass is 565 g/mol. The maximum atomic E-state index is 13.0. The molecule has 1 aliphatic heterocycles. The zero-order valence-corrected chi connectivity index (χ0v) is 23.9. The third-order valence-corrected chi connectivity index (χ3v) is 7.87. The van der Waals surface area contributed by atoms with Crippen molar-refractivity contribution in [1.29, 1.82) is 5.26 Å². The number of rotatable bonds is 11. The molecule has 3 heterocycles. The fourth-order valence-corrected chi connectivity index (χ4v) is 5.55. The lowest BCUT2D eigenvalue weighted by molar-refractivity contribution is -0.131. The summed E-state index contributed by atoms with van der Waals surface area (Å²) in [5, 5.41) is 21.5. The van der Waals surface area contributed by atoms with Gasteiger partial charge in [0.2, 0.25) is 5.91 Å². The second-order valence-electron chi connectivity index (χ2n) is 11.3. The predicted octanol–water partition coefficient (Wildman–Crippen LogP) is 5.55. The number of para-hydroxylation sites is 1. The van der Waals surface area contributed by atoms with Gasteiger partial charge in [0, 0.05) is 56.5 Å². The molecule has 1 unspecified atom stereocenters. The summed E-state index contributed by atoms with van der Waals surface area (Å²) in [7, 11) is 2.16. The molecule has 2 atom stereocenters. The van der Waals surface area contributed by atoms with Gasteiger partial charge in [-0.05, 0) is 56.5 Å². The number of pyridine rings is 1. The average molecular weight is 566 g/mol. The van der Waals surface area contributed by atoms with Gasteiger partial charge in [-0.2, -0.15) is 10.4 Å². The molecule has 0 radical (unpaired) electrons. The molecule has 4 aromatic rings. The number of nitrogens with one attached hydrogen (secondary N) is 2. The molecule has 0 spiro atoms. The maximum Gasteiger partial charge on any atom is 0.222 e. The van der Waals surface area contributed by atoms with E-state index in [1.54, 1.807) is 30.5 Å². The highest BCUT2D eigenvalue weighted by atomic mass is 16.5. The Morgan fingerprint density at radius 3 is 2.76 bits per heavy atom. The number of nitrogens with zero attached hydrogens (tertiary/aromatic N) is 5. The van der Waals surface area contributed by atoms with Gasteiger partial charge in [0.1, 0.15) is 34.5 Å². The van der Waals surface area contributed by atoms with E-state index in [1.807, 2.05) is 35.2 Å². The fourth-order valence-electron chi connectivity index (χ4n) is 5.55. The first-order chi connectivity index (χ1) is 20.5. The number of benzene rings is 2. The number of hydrogen-bond donors (Lipinski definition) is 2. The Balaban J connectivity index is 1.12. The van der Waals surface area contributed by atoms with Crippen LogP contribution in [0.15, 0.2) is 60.8 Å². The lowest BCUT2D eigenvalue weighted by atomic mass is 10.1. The largest absolute Gasteiger partial charge is 0.457 e. The number of likely N-dealkylation sites (tertiary alicyclic amines) is 1. The summed E-state index contributed by atoms with van der Waals surface area (Å²) in [5.74, 6) is 3.28. The highest BCUT2D eigenvalue weighted by Crippen LogP contribution is 2.36. The van der Waals surface area contributed by atoms with Crippen molar-refractivity contribution in [2.75, 3.05) is 32.0 Å². The number of amides is 1. The van der Waals surface area contributed by atoms with Crippen LogP contribution in [-0.2, 0) is 4.79 Å². The maximum absolute atomic E-state index is 13.0. The number of carbonyl (C=O) groups excluding carboxylic acids is 1. The van der Waals surface area contributed by atoms with Crippen molar-refractivity contribution >= 4 is 22.8 Å². The molecule has 2 N–H and O–H groups in total. The van der Waals surface area contributed by atoms with Crippen LogP contribution in [0.25, 0.3) is 11.0 Å². The van der Waals surface area contributed by atoms with Gasteiger partial charge >= 0.3 is 0 Å². The molecule has 216 valence electrons. The third-order valence-electron chi connectivity index (χ3n) is 7.87. The Bertz CT molecular complexity index is 1590. The van der Waals surface area contributed by atoms with Gasteiger partial charge in [-0.3, -0.25) is 9.89 Å². The van der Waals surface area contributed by atoms with Crippen molar-refractivity contribution in [3.05, 3.63) is 66.4 Å². The minimum absolute atomic E-state index is 0.0574. The van der Waals surface area contributed by atoms with Crippen LogP contribution in [-0.4, -0.2) is 69.7 Å². The normalized spacial score (nSPS) is 17.3.